The molecule has 19 heavy (non-hydrogen) atoms. The maximum absolute atomic E-state index is 13.4. The standard InChI is InChI=1S/C13H17F3N2O/c1-13(3-2-4-13)7-18-10-6-11(19-12(15)16)8(14)5-9(10)17/h5-6,12,18H,2-4,7,17H2,1H3. The van der Waals surface area contributed by atoms with Gasteiger partial charge in [0.05, 0.1) is 11.4 Å². The van der Waals surface area contributed by atoms with Crippen molar-refractivity contribution < 1.29 is 17.9 Å². The largest absolute Gasteiger partial charge is 0.432 e. The van der Waals surface area contributed by atoms with Crippen LogP contribution in [-0.4, -0.2) is 13.2 Å². The summed E-state index contributed by atoms with van der Waals surface area (Å²) in [4.78, 5) is 0. The molecule has 0 aliphatic heterocycles. The number of nitrogens with one attached hydrogen (secondary N) is 1. The Hall–Kier alpha value is -1.59. The van der Waals surface area contributed by atoms with Gasteiger partial charge in [0.25, 0.3) is 0 Å². The molecule has 0 amide bonds. The lowest BCUT2D eigenvalue weighted by Crippen LogP contribution is -2.33. The van der Waals surface area contributed by atoms with Gasteiger partial charge in [-0.2, -0.15) is 8.78 Å². The Labute approximate surface area is 109 Å². The highest BCUT2D eigenvalue weighted by Crippen LogP contribution is 2.40. The van der Waals surface area contributed by atoms with E-state index in [0.717, 1.165) is 18.9 Å². The smallest absolute Gasteiger partial charge is 0.387 e. The third kappa shape index (κ3) is 3.24. The first kappa shape index (κ1) is 13.8. The molecule has 0 saturated heterocycles. The summed E-state index contributed by atoms with van der Waals surface area (Å²) in [6.45, 7) is -0.244. The molecule has 1 aromatic carbocycles. The first-order valence-electron chi connectivity index (χ1n) is 6.17. The lowest BCUT2D eigenvalue weighted by atomic mass is 9.70. The van der Waals surface area contributed by atoms with Crippen molar-refractivity contribution in [2.45, 2.75) is 32.8 Å². The molecule has 0 aromatic heterocycles. The molecule has 1 aromatic rings. The number of nitrogens with two attached hydrogens (primary N) is 1. The molecule has 2 rings (SSSR count). The van der Waals surface area contributed by atoms with Gasteiger partial charge in [-0.25, -0.2) is 4.39 Å². The van der Waals surface area contributed by atoms with E-state index in [1.807, 2.05) is 0 Å². The number of alkyl halides is 2. The Bertz CT molecular complexity index is 461. The number of hydrogen-bond acceptors (Lipinski definition) is 3. The van der Waals surface area contributed by atoms with Gasteiger partial charge >= 0.3 is 6.61 Å². The Kier molecular flexibility index (Phi) is 3.78. The topological polar surface area (TPSA) is 47.3 Å². The minimum Gasteiger partial charge on any atom is -0.432 e. The first-order valence-corrected chi connectivity index (χ1v) is 6.17. The highest BCUT2D eigenvalue weighted by molar-refractivity contribution is 5.68. The summed E-state index contributed by atoms with van der Waals surface area (Å²) in [6.07, 6.45) is 3.42. The zero-order valence-corrected chi connectivity index (χ0v) is 10.7. The van der Waals surface area contributed by atoms with Gasteiger partial charge in [0, 0.05) is 18.7 Å². The van der Waals surface area contributed by atoms with Crippen LogP contribution in [0.1, 0.15) is 26.2 Å². The summed E-state index contributed by atoms with van der Waals surface area (Å²) in [7, 11) is 0. The number of hydrogen-bond donors (Lipinski definition) is 2. The number of rotatable bonds is 5. The molecule has 0 heterocycles. The van der Waals surface area contributed by atoms with Crippen LogP contribution >= 0.6 is 0 Å². The molecule has 0 spiro atoms. The molecular weight excluding hydrogens is 257 g/mol. The Morgan fingerprint density at radius 1 is 1.42 bits per heavy atom. The molecule has 1 aliphatic carbocycles. The Balaban J connectivity index is 2.10. The summed E-state index contributed by atoms with van der Waals surface area (Å²) in [6, 6.07) is 2.17. The summed E-state index contributed by atoms with van der Waals surface area (Å²) in [5.41, 5.74) is 6.47. The fourth-order valence-corrected chi connectivity index (χ4v) is 2.17. The van der Waals surface area contributed by atoms with Crippen LogP contribution < -0.4 is 15.8 Å². The Morgan fingerprint density at radius 3 is 2.63 bits per heavy atom. The number of halogens is 3. The predicted octanol–water partition coefficient (Wildman–Crippen LogP) is 3.61. The quantitative estimate of drug-likeness (QED) is 0.806. The van der Waals surface area contributed by atoms with Crippen molar-refractivity contribution in [3.63, 3.8) is 0 Å². The van der Waals surface area contributed by atoms with Gasteiger partial charge in [0.2, 0.25) is 0 Å². The van der Waals surface area contributed by atoms with Crippen molar-refractivity contribution in [3.05, 3.63) is 17.9 Å². The van der Waals surface area contributed by atoms with E-state index in [1.54, 1.807) is 0 Å². The lowest BCUT2D eigenvalue weighted by molar-refractivity contribution is -0.0521. The van der Waals surface area contributed by atoms with Crippen molar-refractivity contribution in [2.24, 2.45) is 5.41 Å². The molecular formula is C13H17F3N2O. The van der Waals surface area contributed by atoms with Crippen LogP contribution in [0.15, 0.2) is 12.1 Å². The minimum absolute atomic E-state index is 0.182. The van der Waals surface area contributed by atoms with Crippen LogP contribution in [0.4, 0.5) is 24.5 Å². The zero-order valence-electron chi connectivity index (χ0n) is 10.7. The summed E-state index contributed by atoms with van der Waals surface area (Å²) < 4.78 is 41.7. The van der Waals surface area contributed by atoms with Crippen molar-refractivity contribution in [3.8, 4) is 5.75 Å². The second-order valence-corrected chi connectivity index (χ2v) is 5.27. The average molecular weight is 274 g/mol. The van der Waals surface area contributed by atoms with Crippen LogP contribution in [-0.2, 0) is 0 Å². The van der Waals surface area contributed by atoms with Crippen molar-refractivity contribution in [1.82, 2.24) is 0 Å². The fraction of sp³-hybridized carbons (Fsp3) is 0.538. The molecule has 6 heteroatoms. The normalized spacial score (nSPS) is 17.1. The van der Waals surface area contributed by atoms with Gasteiger partial charge in [-0.3, -0.25) is 0 Å². The predicted molar refractivity (Wildman–Crippen MR) is 67.9 cm³/mol. The highest BCUT2D eigenvalue weighted by atomic mass is 19.3. The molecule has 106 valence electrons. The van der Waals surface area contributed by atoms with E-state index in [1.165, 1.54) is 12.5 Å². The van der Waals surface area contributed by atoms with E-state index < -0.39 is 18.2 Å². The molecule has 0 unspecified atom stereocenters. The van der Waals surface area contributed by atoms with E-state index >= 15 is 0 Å². The molecule has 3 N–H and O–H groups in total. The number of anilines is 2. The zero-order chi connectivity index (χ0) is 14.0. The van der Waals surface area contributed by atoms with Crippen LogP contribution in [0.5, 0.6) is 5.75 Å². The van der Waals surface area contributed by atoms with Crippen LogP contribution in [0.3, 0.4) is 0 Å². The SMILES string of the molecule is CC1(CNc2cc(OC(F)F)c(F)cc2N)CCC1. The third-order valence-electron chi connectivity index (χ3n) is 3.59. The minimum atomic E-state index is -3.06. The van der Waals surface area contributed by atoms with Crippen molar-refractivity contribution >= 4 is 11.4 Å². The van der Waals surface area contributed by atoms with E-state index in [4.69, 9.17) is 5.73 Å². The molecule has 0 bridgehead atoms. The molecule has 1 saturated carbocycles. The van der Waals surface area contributed by atoms with Crippen molar-refractivity contribution in [1.29, 1.82) is 0 Å². The second kappa shape index (κ2) is 5.19. The second-order valence-electron chi connectivity index (χ2n) is 5.27. The van der Waals surface area contributed by atoms with E-state index in [0.29, 0.717) is 12.2 Å². The van der Waals surface area contributed by atoms with Crippen LogP contribution in [0.25, 0.3) is 0 Å². The van der Waals surface area contributed by atoms with E-state index in [2.05, 4.69) is 17.0 Å². The van der Waals surface area contributed by atoms with Gasteiger partial charge in [0.1, 0.15) is 0 Å². The van der Waals surface area contributed by atoms with Crippen LogP contribution in [0.2, 0.25) is 0 Å². The number of nitrogen functional groups attached to an aromatic ring is 1. The summed E-state index contributed by atoms with van der Waals surface area (Å²) in [5, 5.41) is 3.08. The monoisotopic (exact) mass is 274 g/mol. The fourth-order valence-electron chi connectivity index (χ4n) is 2.17. The van der Waals surface area contributed by atoms with Gasteiger partial charge in [-0.1, -0.05) is 13.3 Å². The first-order chi connectivity index (χ1) is 8.89. The molecule has 3 nitrogen and oxygen atoms in total. The molecule has 1 aliphatic rings. The van der Waals surface area contributed by atoms with E-state index in [9.17, 15) is 13.2 Å². The maximum Gasteiger partial charge on any atom is 0.387 e. The molecule has 0 atom stereocenters. The Morgan fingerprint density at radius 2 is 2.11 bits per heavy atom. The van der Waals surface area contributed by atoms with Crippen molar-refractivity contribution in [2.75, 3.05) is 17.6 Å². The van der Waals surface area contributed by atoms with Gasteiger partial charge in [-0.05, 0) is 18.3 Å². The average Bonchev–Trinajstić information content (AvgIpc) is 2.28. The molecule has 1 fully saturated rings. The van der Waals surface area contributed by atoms with Gasteiger partial charge in [-0.15, -0.1) is 0 Å². The highest BCUT2D eigenvalue weighted by Gasteiger charge is 2.31. The van der Waals surface area contributed by atoms with E-state index in [-0.39, 0.29) is 11.1 Å². The maximum atomic E-state index is 13.4. The summed E-state index contributed by atoms with van der Waals surface area (Å²) >= 11 is 0. The number of ether oxygens (including phenoxy) is 1. The number of benzene rings is 1. The van der Waals surface area contributed by atoms with Gasteiger partial charge < -0.3 is 15.8 Å². The summed E-state index contributed by atoms with van der Waals surface area (Å²) in [5.74, 6) is -1.39. The van der Waals surface area contributed by atoms with Gasteiger partial charge in [0.15, 0.2) is 11.6 Å². The third-order valence-corrected chi connectivity index (χ3v) is 3.59. The molecule has 0 radical (unpaired) electrons. The lowest BCUT2D eigenvalue weighted by Gasteiger charge is -2.38. The van der Waals surface area contributed by atoms with Crippen LogP contribution in [0, 0.1) is 11.2 Å².